The molecule has 1 aromatic carbocycles. The van der Waals surface area contributed by atoms with Gasteiger partial charge in [0.15, 0.2) is 0 Å². The first-order valence-electron chi connectivity index (χ1n) is 7.02. The van der Waals surface area contributed by atoms with E-state index < -0.39 is 0 Å². The minimum absolute atomic E-state index is 0.0790. The molecule has 2 N–H and O–H groups in total. The van der Waals surface area contributed by atoms with Crippen LogP contribution in [0, 0.1) is 0 Å². The summed E-state index contributed by atoms with van der Waals surface area (Å²) in [4.78, 5) is 2.59. The molecule has 0 amide bonds. The van der Waals surface area contributed by atoms with E-state index in [-0.39, 0.29) is 12.6 Å². The maximum absolute atomic E-state index is 9.55. The number of nitrogens with one attached hydrogen (secondary N) is 1. The quantitative estimate of drug-likeness (QED) is 0.827. The molecule has 2 fully saturated rings. The van der Waals surface area contributed by atoms with Crippen LogP contribution in [0.3, 0.4) is 0 Å². The lowest BCUT2D eigenvalue weighted by Gasteiger charge is -2.22. The second-order valence-electron chi connectivity index (χ2n) is 5.52. The lowest BCUT2D eigenvalue weighted by molar-refractivity contribution is 0.230. The van der Waals surface area contributed by atoms with Crippen molar-refractivity contribution in [3.63, 3.8) is 0 Å². The second-order valence-corrected chi connectivity index (χ2v) is 5.52. The van der Waals surface area contributed by atoms with Crippen molar-refractivity contribution in [1.82, 2.24) is 10.2 Å². The highest BCUT2D eigenvalue weighted by Gasteiger charge is 2.34. The summed E-state index contributed by atoms with van der Waals surface area (Å²) in [5, 5.41) is 13.2. The first-order chi connectivity index (χ1) is 8.86. The number of hydrogen-bond donors (Lipinski definition) is 2. The van der Waals surface area contributed by atoms with Gasteiger partial charge in [-0.25, -0.2) is 0 Å². The minimum Gasteiger partial charge on any atom is -0.394 e. The summed E-state index contributed by atoms with van der Waals surface area (Å²) >= 11 is 0. The standard InChI is InChI=1S/C15H22N2O/c18-11-15(12-4-2-1-3-5-12)16-13-8-9-17(10-13)14-6-7-14/h1-5,13-16,18H,6-11H2/t13?,15-/m1/s1. The molecular weight excluding hydrogens is 224 g/mol. The molecule has 18 heavy (non-hydrogen) atoms. The molecular formula is C15H22N2O. The predicted molar refractivity (Wildman–Crippen MR) is 72.4 cm³/mol. The van der Waals surface area contributed by atoms with Crippen molar-refractivity contribution in [2.24, 2.45) is 0 Å². The van der Waals surface area contributed by atoms with Crippen molar-refractivity contribution in [3.05, 3.63) is 35.9 Å². The molecule has 2 atom stereocenters. The van der Waals surface area contributed by atoms with E-state index in [0.717, 1.165) is 12.6 Å². The third-order valence-corrected chi connectivity index (χ3v) is 4.10. The first kappa shape index (κ1) is 12.2. The summed E-state index contributed by atoms with van der Waals surface area (Å²) in [7, 11) is 0. The lowest BCUT2D eigenvalue weighted by Crippen LogP contribution is -2.37. The van der Waals surface area contributed by atoms with Crippen molar-refractivity contribution >= 4 is 0 Å². The number of aliphatic hydroxyl groups is 1. The highest BCUT2D eigenvalue weighted by molar-refractivity contribution is 5.19. The van der Waals surface area contributed by atoms with Crippen LogP contribution in [0.5, 0.6) is 0 Å². The molecule has 0 spiro atoms. The number of likely N-dealkylation sites (tertiary alicyclic amines) is 1. The van der Waals surface area contributed by atoms with E-state index in [1.807, 2.05) is 18.2 Å². The normalized spacial score (nSPS) is 26.4. The van der Waals surface area contributed by atoms with Gasteiger partial charge in [0.1, 0.15) is 0 Å². The second kappa shape index (κ2) is 5.39. The summed E-state index contributed by atoms with van der Waals surface area (Å²) < 4.78 is 0. The van der Waals surface area contributed by atoms with Gasteiger partial charge in [0.2, 0.25) is 0 Å². The molecule has 3 nitrogen and oxygen atoms in total. The lowest BCUT2D eigenvalue weighted by atomic mass is 10.1. The van der Waals surface area contributed by atoms with Crippen LogP contribution in [-0.4, -0.2) is 41.8 Å². The van der Waals surface area contributed by atoms with E-state index in [9.17, 15) is 5.11 Å². The van der Waals surface area contributed by atoms with E-state index in [1.165, 1.54) is 31.4 Å². The third kappa shape index (κ3) is 2.74. The number of benzene rings is 1. The van der Waals surface area contributed by atoms with Crippen LogP contribution in [0.1, 0.15) is 30.9 Å². The van der Waals surface area contributed by atoms with Gasteiger partial charge in [-0.1, -0.05) is 30.3 Å². The Morgan fingerprint density at radius 3 is 2.67 bits per heavy atom. The maximum atomic E-state index is 9.55. The number of rotatable bonds is 5. The smallest absolute Gasteiger partial charge is 0.0626 e. The Hall–Kier alpha value is -0.900. The fraction of sp³-hybridized carbons (Fsp3) is 0.600. The van der Waals surface area contributed by atoms with Crippen molar-refractivity contribution in [2.75, 3.05) is 19.7 Å². The molecule has 1 saturated heterocycles. The Balaban J connectivity index is 1.57. The van der Waals surface area contributed by atoms with Crippen LogP contribution in [-0.2, 0) is 0 Å². The van der Waals surface area contributed by atoms with Gasteiger partial charge in [-0.2, -0.15) is 0 Å². The third-order valence-electron chi connectivity index (χ3n) is 4.10. The molecule has 1 aromatic rings. The van der Waals surface area contributed by atoms with E-state index in [4.69, 9.17) is 0 Å². The van der Waals surface area contributed by atoms with Gasteiger partial charge >= 0.3 is 0 Å². The van der Waals surface area contributed by atoms with Gasteiger partial charge in [0.25, 0.3) is 0 Å². The van der Waals surface area contributed by atoms with Crippen molar-refractivity contribution in [2.45, 2.75) is 37.4 Å². The Kier molecular flexibility index (Phi) is 3.64. The highest BCUT2D eigenvalue weighted by Crippen LogP contribution is 2.30. The molecule has 2 aliphatic rings. The topological polar surface area (TPSA) is 35.5 Å². The fourth-order valence-corrected chi connectivity index (χ4v) is 2.92. The van der Waals surface area contributed by atoms with E-state index in [2.05, 4.69) is 22.3 Å². The zero-order chi connectivity index (χ0) is 12.4. The van der Waals surface area contributed by atoms with Gasteiger partial charge < -0.3 is 10.4 Å². The summed E-state index contributed by atoms with van der Waals surface area (Å²) in [6, 6.07) is 11.7. The number of aliphatic hydroxyl groups excluding tert-OH is 1. The molecule has 3 heteroatoms. The van der Waals surface area contributed by atoms with E-state index >= 15 is 0 Å². The zero-order valence-electron chi connectivity index (χ0n) is 10.8. The number of nitrogens with zero attached hydrogens (tertiary/aromatic N) is 1. The molecule has 98 valence electrons. The van der Waals surface area contributed by atoms with E-state index in [0.29, 0.717) is 6.04 Å². The SMILES string of the molecule is OC[C@@H](NC1CCN(C2CC2)C1)c1ccccc1. The van der Waals surface area contributed by atoms with Crippen molar-refractivity contribution < 1.29 is 5.11 Å². The van der Waals surface area contributed by atoms with Gasteiger partial charge in [0, 0.05) is 25.2 Å². The molecule has 0 radical (unpaired) electrons. The molecule has 1 unspecified atom stereocenters. The fourth-order valence-electron chi connectivity index (χ4n) is 2.92. The summed E-state index contributed by atoms with van der Waals surface area (Å²) in [5.74, 6) is 0. The van der Waals surface area contributed by atoms with Crippen LogP contribution in [0.15, 0.2) is 30.3 Å². The van der Waals surface area contributed by atoms with Gasteiger partial charge in [0.05, 0.1) is 12.6 Å². The van der Waals surface area contributed by atoms with Crippen LogP contribution >= 0.6 is 0 Å². The van der Waals surface area contributed by atoms with Crippen LogP contribution in [0.25, 0.3) is 0 Å². The summed E-state index contributed by atoms with van der Waals surface area (Å²) in [6.45, 7) is 2.53. The van der Waals surface area contributed by atoms with E-state index in [1.54, 1.807) is 0 Å². The molecule has 1 aliphatic carbocycles. The van der Waals surface area contributed by atoms with Gasteiger partial charge in [-0.3, -0.25) is 4.90 Å². The largest absolute Gasteiger partial charge is 0.394 e. The molecule has 1 heterocycles. The first-order valence-corrected chi connectivity index (χ1v) is 7.02. The minimum atomic E-state index is 0.0790. The monoisotopic (exact) mass is 246 g/mol. The van der Waals surface area contributed by atoms with Crippen molar-refractivity contribution in [1.29, 1.82) is 0 Å². The number of hydrogen-bond acceptors (Lipinski definition) is 3. The average Bonchev–Trinajstić information content (AvgIpc) is 3.17. The highest BCUT2D eigenvalue weighted by atomic mass is 16.3. The summed E-state index contributed by atoms with van der Waals surface area (Å²) in [6.07, 6.45) is 3.98. The summed E-state index contributed by atoms with van der Waals surface area (Å²) in [5.41, 5.74) is 1.19. The Bertz CT molecular complexity index is 377. The van der Waals surface area contributed by atoms with Crippen LogP contribution < -0.4 is 5.32 Å². The van der Waals surface area contributed by atoms with Crippen molar-refractivity contribution in [3.8, 4) is 0 Å². The molecule has 0 aromatic heterocycles. The van der Waals surface area contributed by atoms with Crippen LogP contribution in [0.2, 0.25) is 0 Å². The Morgan fingerprint density at radius 1 is 1.22 bits per heavy atom. The zero-order valence-corrected chi connectivity index (χ0v) is 10.8. The average molecular weight is 246 g/mol. The molecule has 1 saturated carbocycles. The Morgan fingerprint density at radius 2 is 2.00 bits per heavy atom. The maximum Gasteiger partial charge on any atom is 0.0626 e. The van der Waals surface area contributed by atoms with Gasteiger partial charge in [-0.15, -0.1) is 0 Å². The van der Waals surface area contributed by atoms with Crippen LogP contribution in [0.4, 0.5) is 0 Å². The molecule has 3 rings (SSSR count). The van der Waals surface area contributed by atoms with Gasteiger partial charge in [-0.05, 0) is 24.8 Å². The molecule has 1 aliphatic heterocycles. The molecule has 0 bridgehead atoms. The predicted octanol–water partition coefficient (Wildman–Crippen LogP) is 1.55. The Labute approximate surface area is 109 Å².